The van der Waals surface area contributed by atoms with Crippen LogP contribution in [0.15, 0.2) is 48.5 Å². The van der Waals surface area contributed by atoms with Gasteiger partial charge in [0.1, 0.15) is 12.2 Å². The number of amides is 2. The largest absolute Gasteiger partial charge is 0.492 e. The predicted molar refractivity (Wildman–Crippen MR) is 95.3 cm³/mol. The van der Waals surface area contributed by atoms with Gasteiger partial charge < -0.3 is 15.4 Å². The number of nitrogens with one attached hydrogen (secondary N) is 2. The van der Waals surface area contributed by atoms with E-state index in [2.05, 4.69) is 10.6 Å². The molecule has 24 heavy (non-hydrogen) atoms. The molecule has 0 radical (unpaired) electrons. The average molecular weight is 326 g/mol. The predicted octanol–water partition coefficient (Wildman–Crippen LogP) is 3.62. The van der Waals surface area contributed by atoms with Gasteiger partial charge in [0.25, 0.3) is 0 Å². The van der Waals surface area contributed by atoms with Crippen molar-refractivity contribution < 1.29 is 14.3 Å². The summed E-state index contributed by atoms with van der Waals surface area (Å²) in [5.41, 5.74) is 2.34. The topological polar surface area (TPSA) is 67.4 Å². The number of anilines is 2. The Hall–Kier alpha value is -2.82. The van der Waals surface area contributed by atoms with E-state index in [4.69, 9.17) is 4.74 Å². The van der Waals surface area contributed by atoms with Crippen molar-refractivity contribution in [2.75, 3.05) is 17.2 Å². The van der Waals surface area contributed by atoms with Crippen molar-refractivity contribution in [2.24, 2.45) is 0 Å². The molecule has 2 amide bonds. The normalized spacial score (nSPS) is 10.1. The summed E-state index contributed by atoms with van der Waals surface area (Å²) in [6.45, 7) is 4.39. The Bertz CT molecular complexity index is 713. The molecule has 0 atom stereocenters. The second-order valence-corrected chi connectivity index (χ2v) is 5.21. The van der Waals surface area contributed by atoms with Crippen LogP contribution in [0.3, 0.4) is 0 Å². The molecule has 0 aliphatic carbocycles. The van der Waals surface area contributed by atoms with Crippen LogP contribution in [0, 0.1) is 0 Å². The molecule has 0 aliphatic heterocycles. The highest BCUT2D eigenvalue weighted by molar-refractivity contribution is 6.08. The molecular formula is C19H22N2O3. The summed E-state index contributed by atoms with van der Waals surface area (Å²) < 4.78 is 5.45. The van der Waals surface area contributed by atoms with E-state index in [1.54, 1.807) is 18.2 Å². The van der Waals surface area contributed by atoms with Crippen molar-refractivity contribution in [1.82, 2.24) is 0 Å². The fraction of sp³-hybridized carbons (Fsp3) is 0.263. The van der Waals surface area contributed by atoms with Crippen molar-refractivity contribution in [1.29, 1.82) is 0 Å². The Morgan fingerprint density at radius 1 is 0.875 bits per heavy atom. The van der Waals surface area contributed by atoms with E-state index in [9.17, 15) is 9.59 Å². The maximum absolute atomic E-state index is 12.1. The molecule has 0 saturated heterocycles. The quantitative estimate of drug-likeness (QED) is 0.764. The van der Waals surface area contributed by atoms with Crippen LogP contribution >= 0.6 is 0 Å². The first-order valence-corrected chi connectivity index (χ1v) is 8.03. The summed E-state index contributed by atoms with van der Waals surface area (Å²) in [6.07, 6.45) is 0.558. The van der Waals surface area contributed by atoms with Crippen LogP contribution in [0.2, 0.25) is 0 Å². The molecule has 5 heteroatoms. The van der Waals surface area contributed by atoms with Gasteiger partial charge in [-0.3, -0.25) is 9.59 Å². The maximum atomic E-state index is 12.1. The molecule has 0 saturated carbocycles. The van der Waals surface area contributed by atoms with Crippen molar-refractivity contribution in [2.45, 2.75) is 26.7 Å². The van der Waals surface area contributed by atoms with Crippen molar-refractivity contribution in [3.05, 3.63) is 54.1 Å². The Kier molecular flexibility index (Phi) is 6.37. The summed E-state index contributed by atoms with van der Waals surface area (Å²) >= 11 is 0. The van der Waals surface area contributed by atoms with Gasteiger partial charge in [0.2, 0.25) is 11.8 Å². The summed E-state index contributed by atoms with van der Waals surface area (Å²) in [5.74, 6) is -0.138. The maximum Gasteiger partial charge on any atom is 0.233 e. The van der Waals surface area contributed by atoms with E-state index in [1.165, 1.54) is 0 Å². The first-order valence-electron chi connectivity index (χ1n) is 8.03. The van der Waals surface area contributed by atoms with Gasteiger partial charge in [0, 0.05) is 5.69 Å². The average Bonchev–Trinajstić information content (AvgIpc) is 2.57. The molecule has 0 bridgehead atoms. The molecule has 2 rings (SSSR count). The van der Waals surface area contributed by atoms with Gasteiger partial charge in [-0.05, 0) is 37.1 Å². The first kappa shape index (κ1) is 17.5. The van der Waals surface area contributed by atoms with Gasteiger partial charge in [-0.25, -0.2) is 0 Å². The zero-order valence-corrected chi connectivity index (χ0v) is 14.0. The summed E-state index contributed by atoms with van der Waals surface area (Å²) in [4.78, 5) is 24.2. The lowest BCUT2D eigenvalue weighted by molar-refractivity contribution is -0.123. The van der Waals surface area contributed by atoms with E-state index < -0.39 is 0 Å². The molecule has 2 aromatic rings. The monoisotopic (exact) mass is 326 g/mol. The SMILES string of the molecule is CCOc1ccccc1NC(=O)CC(=O)Nc1ccccc1CC. The molecular weight excluding hydrogens is 304 g/mol. The lowest BCUT2D eigenvalue weighted by atomic mass is 10.1. The molecule has 126 valence electrons. The van der Waals surface area contributed by atoms with E-state index in [-0.39, 0.29) is 18.2 Å². The zero-order chi connectivity index (χ0) is 17.4. The molecule has 0 aliphatic rings. The van der Waals surface area contributed by atoms with Gasteiger partial charge in [-0.1, -0.05) is 37.3 Å². The van der Waals surface area contributed by atoms with Crippen molar-refractivity contribution >= 4 is 23.2 Å². The highest BCUT2D eigenvalue weighted by atomic mass is 16.5. The van der Waals surface area contributed by atoms with E-state index in [0.717, 1.165) is 17.7 Å². The standard InChI is InChI=1S/C19H22N2O3/c1-3-14-9-5-6-10-15(14)20-18(22)13-19(23)21-16-11-7-8-12-17(16)24-4-2/h5-12H,3-4,13H2,1-2H3,(H,20,22)(H,21,23). The Labute approximate surface area is 142 Å². The van der Waals surface area contributed by atoms with Crippen LogP contribution in [-0.4, -0.2) is 18.4 Å². The fourth-order valence-electron chi connectivity index (χ4n) is 2.34. The third kappa shape index (κ3) is 4.84. The summed E-state index contributed by atoms with van der Waals surface area (Å²) in [5, 5.41) is 5.50. The van der Waals surface area contributed by atoms with Gasteiger partial charge in [0.05, 0.1) is 12.3 Å². The van der Waals surface area contributed by atoms with Crippen LogP contribution in [-0.2, 0) is 16.0 Å². The lowest BCUT2D eigenvalue weighted by Crippen LogP contribution is -2.22. The number of para-hydroxylation sites is 3. The van der Waals surface area contributed by atoms with Gasteiger partial charge in [-0.2, -0.15) is 0 Å². The minimum atomic E-state index is -0.381. The number of carbonyl (C=O) groups is 2. The highest BCUT2D eigenvalue weighted by Crippen LogP contribution is 2.23. The van der Waals surface area contributed by atoms with Crippen LogP contribution in [0.4, 0.5) is 11.4 Å². The lowest BCUT2D eigenvalue weighted by Gasteiger charge is -2.12. The molecule has 5 nitrogen and oxygen atoms in total. The minimum Gasteiger partial charge on any atom is -0.492 e. The number of carbonyl (C=O) groups excluding carboxylic acids is 2. The minimum absolute atomic E-state index is 0.251. The van der Waals surface area contributed by atoms with Gasteiger partial charge in [-0.15, -0.1) is 0 Å². The molecule has 0 heterocycles. The number of aryl methyl sites for hydroxylation is 1. The number of hydrogen-bond donors (Lipinski definition) is 2. The number of ether oxygens (including phenoxy) is 1. The Morgan fingerprint density at radius 3 is 2.12 bits per heavy atom. The molecule has 0 spiro atoms. The summed E-state index contributed by atoms with van der Waals surface area (Å²) in [6, 6.07) is 14.7. The molecule has 0 aromatic heterocycles. The van der Waals surface area contributed by atoms with E-state index >= 15 is 0 Å². The number of hydrogen-bond acceptors (Lipinski definition) is 3. The van der Waals surface area contributed by atoms with Gasteiger partial charge >= 0.3 is 0 Å². The fourth-order valence-corrected chi connectivity index (χ4v) is 2.34. The van der Waals surface area contributed by atoms with Crippen molar-refractivity contribution in [3.63, 3.8) is 0 Å². The van der Waals surface area contributed by atoms with E-state index in [0.29, 0.717) is 18.0 Å². The third-order valence-electron chi connectivity index (χ3n) is 3.45. The molecule has 0 unspecified atom stereocenters. The Balaban J connectivity index is 1.96. The molecule has 0 fully saturated rings. The highest BCUT2D eigenvalue weighted by Gasteiger charge is 2.13. The van der Waals surface area contributed by atoms with Crippen LogP contribution in [0.1, 0.15) is 25.8 Å². The van der Waals surface area contributed by atoms with Gasteiger partial charge in [0.15, 0.2) is 0 Å². The molecule has 2 aromatic carbocycles. The second kappa shape index (κ2) is 8.72. The number of benzene rings is 2. The third-order valence-corrected chi connectivity index (χ3v) is 3.45. The second-order valence-electron chi connectivity index (χ2n) is 5.21. The van der Waals surface area contributed by atoms with E-state index in [1.807, 2.05) is 44.2 Å². The Morgan fingerprint density at radius 2 is 1.46 bits per heavy atom. The smallest absolute Gasteiger partial charge is 0.233 e. The first-order chi connectivity index (χ1) is 11.6. The van der Waals surface area contributed by atoms with Crippen LogP contribution < -0.4 is 15.4 Å². The van der Waals surface area contributed by atoms with Crippen LogP contribution in [0.25, 0.3) is 0 Å². The van der Waals surface area contributed by atoms with Crippen molar-refractivity contribution in [3.8, 4) is 5.75 Å². The number of rotatable bonds is 7. The van der Waals surface area contributed by atoms with Crippen LogP contribution in [0.5, 0.6) is 5.75 Å². The molecule has 2 N–H and O–H groups in total. The summed E-state index contributed by atoms with van der Waals surface area (Å²) in [7, 11) is 0. The zero-order valence-electron chi connectivity index (χ0n) is 14.0.